The molecule has 4 nitrogen and oxygen atoms in total. The average molecular weight is 269 g/mol. The summed E-state index contributed by atoms with van der Waals surface area (Å²) in [6, 6.07) is 0. The van der Waals surface area contributed by atoms with E-state index in [1.165, 1.54) is 25.9 Å². The molecule has 0 aromatic carbocycles. The molecule has 1 saturated heterocycles. The van der Waals surface area contributed by atoms with Gasteiger partial charge in [-0.1, -0.05) is 20.8 Å². The number of likely N-dealkylation sites (tertiary alicyclic amines) is 1. The van der Waals surface area contributed by atoms with E-state index in [-0.39, 0.29) is 5.91 Å². The smallest absolute Gasteiger partial charge is 0.233 e. The van der Waals surface area contributed by atoms with E-state index < -0.39 is 0 Å². The molecule has 0 aliphatic carbocycles. The third kappa shape index (κ3) is 6.92. The minimum atomic E-state index is 0.122. The first-order chi connectivity index (χ1) is 8.91. The van der Waals surface area contributed by atoms with Gasteiger partial charge in [0.15, 0.2) is 0 Å². The van der Waals surface area contributed by atoms with Gasteiger partial charge in [-0.3, -0.25) is 4.79 Å². The van der Waals surface area contributed by atoms with Crippen molar-refractivity contribution >= 4 is 5.91 Å². The molecular weight excluding hydrogens is 238 g/mol. The van der Waals surface area contributed by atoms with Crippen molar-refractivity contribution in [3.63, 3.8) is 0 Å². The highest BCUT2D eigenvalue weighted by atomic mass is 16.1. The maximum atomic E-state index is 11.6. The molecule has 1 aliphatic heterocycles. The van der Waals surface area contributed by atoms with Crippen LogP contribution in [-0.2, 0) is 4.79 Å². The van der Waals surface area contributed by atoms with Gasteiger partial charge in [-0.25, -0.2) is 0 Å². The summed E-state index contributed by atoms with van der Waals surface area (Å²) in [5, 5.41) is 6.28. The number of carbonyl (C=O) groups is 1. The van der Waals surface area contributed by atoms with Crippen molar-refractivity contribution in [1.29, 1.82) is 0 Å². The van der Waals surface area contributed by atoms with Gasteiger partial charge in [0.2, 0.25) is 5.91 Å². The quantitative estimate of drug-likeness (QED) is 0.735. The van der Waals surface area contributed by atoms with Crippen LogP contribution in [-0.4, -0.2) is 50.6 Å². The monoisotopic (exact) mass is 269 g/mol. The lowest BCUT2D eigenvalue weighted by Gasteiger charge is -2.38. The van der Waals surface area contributed by atoms with Crippen LogP contribution >= 0.6 is 0 Å². The second-order valence-corrected chi connectivity index (χ2v) is 6.75. The Morgan fingerprint density at radius 1 is 1.32 bits per heavy atom. The number of amides is 1. The summed E-state index contributed by atoms with van der Waals surface area (Å²) in [5.74, 6) is 0.767. The lowest BCUT2D eigenvalue weighted by Crippen LogP contribution is -2.44. The number of hydrogen-bond donors (Lipinski definition) is 2. The first-order valence-electron chi connectivity index (χ1n) is 7.57. The molecule has 0 aromatic heterocycles. The zero-order valence-electron chi connectivity index (χ0n) is 13.1. The van der Waals surface area contributed by atoms with Crippen molar-refractivity contribution in [1.82, 2.24) is 15.5 Å². The van der Waals surface area contributed by atoms with Gasteiger partial charge in [0.1, 0.15) is 0 Å². The fourth-order valence-corrected chi connectivity index (χ4v) is 2.38. The topological polar surface area (TPSA) is 44.4 Å². The summed E-state index contributed by atoms with van der Waals surface area (Å²) in [4.78, 5) is 14.0. The highest BCUT2D eigenvalue weighted by Crippen LogP contribution is 2.29. The Balaban J connectivity index is 2.10. The fraction of sp³-hybridized carbons (Fsp3) is 0.933. The number of piperidine rings is 1. The summed E-state index contributed by atoms with van der Waals surface area (Å²) in [7, 11) is 2.18. The summed E-state index contributed by atoms with van der Waals surface area (Å²) in [6.07, 6.45) is 3.48. The van der Waals surface area contributed by atoms with Crippen molar-refractivity contribution in [3.8, 4) is 0 Å². The van der Waals surface area contributed by atoms with E-state index in [2.05, 4.69) is 43.4 Å². The predicted molar refractivity (Wildman–Crippen MR) is 80.2 cm³/mol. The second-order valence-electron chi connectivity index (χ2n) is 6.75. The number of carbonyl (C=O) groups excluding carboxylic acids is 1. The average Bonchev–Trinajstić information content (AvgIpc) is 2.33. The third-order valence-electron chi connectivity index (χ3n) is 4.08. The maximum absolute atomic E-state index is 11.6. The Hall–Kier alpha value is -0.610. The van der Waals surface area contributed by atoms with E-state index in [1.54, 1.807) is 0 Å². The lowest BCUT2D eigenvalue weighted by atomic mass is 9.80. The molecule has 0 spiro atoms. The van der Waals surface area contributed by atoms with E-state index in [1.807, 2.05) is 0 Å². The maximum Gasteiger partial charge on any atom is 0.233 e. The molecule has 19 heavy (non-hydrogen) atoms. The van der Waals surface area contributed by atoms with Crippen molar-refractivity contribution in [3.05, 3.63) is 0 Å². The second kappa shape index (κ2) is 7.85. The molecule has 1 heterocycles. The summed E-state index contributed by atoms with van der Waals surface area (Å²) in [5.41, 5.74) is 0.352. The van der Waals surface area contributed by atoms with Crippen molar-refractivity contribution in [2.45, 2.75) is 40.0 Å². The number of hydrogen-bond acceptors (Lipinski definition) is 3. The van der Waals surface area contributed by atoms with Crippen LogP contribution in [0.15, 0.2) is 0 Å². The number of rotatable bonds is 7. The van der Waals surface area contributed by atoms with E-state index in [0.717, 1.165) is 19.5 Å². The van der Waals surface area contributed by atoms with Gasteiger partial charge in [-0.15, -0.1) is 0 Å². The van der Waals surface area contributed by atoms with Crippen LogP contribution in [0, 0.1) is 11.3 Å². The summed E-state index contributed by atoms with van der Waals surface area (Å²) in [6.45, 7) is 11.2. The first-order valence-corrected chi connectivity index (χ1v) is 7.57. The van der Waals surface area contributed by atoms with Crippen molar-refractivity contribution in [2.75, 3.05) is 39.8 Å². The van der Waals surface area contributed by atoms with Crippen LogP contribution in [0.25, 0.3) is 0 Å². The molecule has 0 saturated carbocycles. The molecule has 0 unspecified atom stereocenters. The third-order valence-corrected chi connectivity index (χ3v) is 4.08. The van der Waals surface area contributed by atoms with Crippen LogP contribution < -0.4 is 10.6 Å². The lowest BCUT2D eigenvalue weighted by molar-refractivity contribution is -0.120. The number of nitrogens with one attached hydrogen (secondary N) is 2. The largest absolute Gasteiger partial charge is 0.355 e. The molecule has 0 radical (unpaired) electrons. The minimum absolute atomic E-state index is 0.122. The molecule has 0 bridgehead atoms. The Labute approximate surface area is 118 Å². The molecule has 1 rings (SSSR count). The van der Waals surface area contributed by atoms with Crippen LogP contribution in [0.1, 0.15) is 40.0 Å². The van der Waals surface area contributed by atoms with E-state index in [9.17, 15) is 4.79 Å². The Morgan fingerprint density at radius 2 is 1.95 bits per heavy atom. The van der Waals surface area contributed by atoms with Crippen LogP contribution in [0.3, 0.4) is 0 Å². The van der Waals surface area contributed by atoms with Crippen LogP contribution in [0.5, 0.6) is 0 Å². The van der Waals surface area contributed by atoms with Gasteiger partial charge in [-0.2, -0.15) is 0 Å². The van der Waals surface area contributed by atoms with Crippen LogP contribution in [0.2, 0.25) is 0 Å². The molecule has 4 heteroatoms. The molecule has 2 N–H and O–H groups in total. The standard InChI is InChI=1S/C15H31N3O/c1-13(2)5-8-17-14(19)11-16-12-15(3)6-9-18(4)10-7-15/h13,16H,5-12H2,1-4H3,(H,17,19). The zero-order chi connectivity index (χ0) is 14.3. The summed E-state index contributed by atoms with van der Waals surface area (Å²) < 4.78 is 0. The molecule has 1 amide bonds. The van der Waals surface area contributed by atoms with Crippen LogP contribution in [0.4, 0.5) is 0 Å². The zero-order valence-corrected chi connectivity index (χ0v) is 13.1. The van der Waals surface area contributed by atoms with Gasteiger partial charge < -0.3 is 15.5 Å². The molecule has 1 aliphatic rings. The number of nitrogens with zero attached hydrogens (tertiary/aromatic N) is 1. The molecule has 0 atom stereocenters. The highest BCUT2D eigenvalue weighted by molar-refractivity contribution is 5.77. The minimum Gasteiger partial charge on any atom is -0.355 e. The Morgan fingerprint density at radius 3 is 2.53 bits per heavy atom. The van der Waals surface area contributed by atoms with Gasteiger partial charge in [-0.05, 0) is 50.7 Å². The van der Waals surface area contributed by atoms with E-state index in [0.29, 0.717) is 17.9 Å². The molecule has 0 aromatic rings. The molecule has 112 valence electrons. The van der Waals surface area contributed by atoms with Gasteiger partial charge >= 0.3 is 0 Å². The normalized spacial score (nSPS) is 19.6. The first kappa shape index (κ1) is 16.4. The Kier molecular flexibility index (Phi) is 6.80. The van der Waals surface area contributed by atoms with Crippen molar-refractivity contribution < 1.29 is 4.79 Å². The molecule has 1 fully saturated rings. The van der Waals surface area contributed by atoms with E-state index in [4.69, 9.17) is 0 Å². The van der Waals surface area contributed by atoms with E-state index >= 15 is 0 Å². The predicted octanol–water partition coefficient (Wildman–Crippen LogP) is 1.47. The summed E-state index contributed by atoms with van der Waals surface area (Å²) >= 11 is 0. The van der Waals surface area contributed by atoms with Gasteiger partial charge in [0.05, 0.1) is 6.54 Å². The SMILES string of the molecule is CC(C)CCNC(=O)CNCC1(C)CCN(C)CC1. The Bertz CT molecular complexity index is 271. The van der Waals surface area contributed by atoms with Crippen molar-refractivity contribution in [2.24, 2.45) is 11.3 Å². The fourth-order valence-electron chi connectivity index (χ4n) is 2.38. The van der Waals surface area contributed by atoms with Gasteiger partial charge in [0, 0.05) is 13.1 Å². The van der Waals surface area contributed by atoms with Gasteiger partial charge in [0.25, 0.3) is 0 Å². The molecular formula is C15H31N3O. The highest BCUT2D eigenvalue weighted by Gasteiger charge is 2.28.